The van der Waals surface area contributed by atoms with Gasteiger partial charge in [0, 0.05) is 27.5 Å². The molecule has 234 valence electrons. The first kappa shape index (κ1) is 28.4. The van der Waals surface area contributed by atoms with E-state index in [0.717, 1.165) is 71.3 Å². The lowest BCUT2D eigenvalue weighted by Gasteiger charge is -2.14. The predicted molar refractivity (Wildman–Crippen MR) is 206 cm³/mol. The summed E-state index contributed by atoms with van der Waals surface area (Å²) in [7, 11) is 0. The highest BCUT2D eigenvalue weighted by atomic mass is 16.3. The first-order chi connectivity index (χ1) is 24.7. The molecule has 0 N–H and O–H groups in total. The SMILES string of the molecule is Cc1cccc2oc3cccc(-c4ccc(-c5nc(-c6ccc7ccccc7c6)nc(-c6ccc7ccccc7c6)n5)c5ccccc45)c3c12. The molecule has 50 heavy (non-hydrogen) atoms. The summed E-state index contributed by atoms with van der Waals surface area (Å²) < 4.78 is 6.34. The van der Waals surface area contributed by atoms with Crippen LogP contribution >= 0.6 is 0 Å². The molecule has 2 aromatic heterocycles. The molecule has 4 nitrogen and oxygen atoms in total. The summed E-state index contributed by atoms with van der Waals surface area (Å²) in [5.74, 6) is 1.92. The minimum absolute atomic E-state index is 0.636. The number of furan rings is 1. The number of fused-ring (bicyclic) bond motifs is 6. The van der Waals surface area contributed by atoms with Crippen LogP contribution in [0.25, 0.3) is 99.5 Å². The summed E-state index contributed by atoms with van der Waals surface area (Å²) >= 11 is 0. The average molecular weight is 640 g/mol. The molecule has 4 heteroatoms. The van der Waals surface area contributed by atoms with Crippen molar-refractivity contribution < 1.29 is 4.42 Å². The van der Waals surface area contributed by atoms with E-state index in [9.17, 15) is 0 Å². The first-order valence-electron chi connectivity index (χ1n) is 16.9. The molecule has 0 aliphatic rings. The Bertz CT molecular complexity index is 2860. The Morgan fingerprint density at radius 1 is 0.380 bits per heavy atom. The molecule has 0 fully saturated rings. The minimum atomic E-state index is 0.636. The van der Waals surface area contributed by atoms with Crippen LogP contribution in [-0.2, 0) is 0 Å². The maximum atomic E-state index is 6.34. The summed E-state index contributed by atoms with van der Waals surface area (Å²) in [6.45, 7) is 2.15. The lowest BCUT2D eigenvalue weighted by Crippen LogP contribution is -2.01. The normalized spacial score (nSPS) is 11.7. The van der Waals surface area contributed by atoms with Crippen molar-refractivity contribution in [1.29, 1.82) is 0 Å². The number of benzene rings is 8. The Morgan fingerprint density at radius 2 is 0.900 bits per heavy atom. The van der Waals surface area contributed by atoms with Gasteiger partial charge in [0.1, 0.15) is 11.2 Å². The van der Waals surface area contributed by atoms with E-state index < -0.39 is 0 Å². The fourth-order valence-corrected chi connectivity index (χ4v) is 7.40. The van der Waals surface area contributed by atoms with Gasteiger partial charge < -0.3 is 4.42 Å². The van der Waals surface area contributed by atoms with Crippen molar-refractivity contribution in [1.82, 2.24) is 15.0 Å². The Morgan fingerprint density at radius 3 is 1.56 bits per heavy atom. The van der Waals surface area contributed by atoms with E-state index >= 15 is 0 Å². The summed E-state index contributed by atoms with van der Waals surface area (Å²) in [5.41, 5.74) is 8.12. The number of aromatic nitrogens is 3. The molecule has 10 aromatic rings. The van der Waals surface area contributed by atoms with Crippen LogP contribution < -0.4 is 0 Å². The quantitative estimate of drug-likeness (QED) is 0.192. The van der Waals surface area contributed by atoms with Gasteiger partial charge in [-0.3, -0.25) is 0 Å². The Balaban J connectivity index is 1.21. The highest BCUT2D eigenvalue weighted by Gasteiger charge is 2.19. The molecule has 0 aliphatic heterocycles. The number of rotatable bonds is 4. The van der Waals surface area contributed by atoms with Crippen LogP contribution in [0.1, 0.15) is 5.56 Å². The third-order valence-corrected chi connectivity index (χ3v) is 9.84. The standard InChI is InChI=1S/C46H29N3O/c1-28-10-8-18-40-42(28)43-38(17-9-19-41(43)50-40)37-24-25-39(36-16-7-6-15-35(36)37)46-48-44(33-22-20-29-11-2-4-13-31(29)26-33)47-45(49-46)34-23-21-30-12-3-5-14-32(30)27-34/h2-27H,1H3. The van der Waals surface area contributed by atoms with E-state index in [2.05, 4.69) is 159 Å². The third kappa shape index (κ3) is 4.57. The maximum Gasteiger partial charge on any atom is 0.164 e. The molecule has 0 radical (unpaired) electrons. The monoisotopic (exact) mass is 639 g/mol. The van der Waals surface area contributed by atoms with Gasteiger partial charge in [0.25, 0.3) is 0 Å². The summed E-state index contributed by atoms with van der Waals surface area (Å²) in [6.07, 6.45) is 0. The highest BCUT2D eigenvalue weighted by Crippen LogP contribution is 2.42. The molecule has 0 atom stereocenters. The van der Waals surface area contributed by atoms with Crippen molar-refractivity contribution in [3.63, 3.8) is 0 Å². The topological polar surface area (TPSA) is 51.8 Å². The second kappa shape index (κ2) is 11.2. The predicted octanol–water partition coefficient (Wildman–Crippen LogP) is 12.2. The van der Waals surface area contributed by atoms with Gasteiger partial charge in [0.15, 0.2) is 17.5 Å². The van der Waals surface area contributed by atoms with Crippen molar-refractivity contribution in [2.24, 2.45) is 0 Å². The second-order valence-corrected chi connectivity index (χ2v) is 12.9. The Kier molecular flexibility index (Phi) is 6.36. The molecule has 0 saturated heterocycles. The van der Waals surface area contributed by atoms with E-state index in [0.29, 0.717) is 17.5 Å². The third-order valence-electron chi connectivity index (χ3n) is 9.84. The van der Waals surface area contributed by atoms with Crippen molar-refractivity contribution >= 4 is 54.3 Å². The van der Waals surface area contributed by atoms with Gasteiger partial charge >= 0.3 is 0 Å². The van der Waals surface area contributed by atoms with E-state index in [1.807, 2.05) is 6.07 Å². The van der Waals surface area contributed by atoms with Crippen molar-refractivity contribution in [3.8, 4) is 45.3 Å². The van der Waals surface area contributed by atoms with Crippen molar-refractivity contribution in [2.45, 2.75) is 6.92 Å². The molecular formula is C46H29N3O. The minimum Gasteiger partial charge on any atom is -0.456 e. The maximum absolute atomic E-state index is 6.34. The van der Waals surface area contributed by atoms with Gasteiger partial charge in [0.2, 0.25) is 0 Å². The average Bonchev–Trinajstić information content (AvgIpc) is 3.57. The molecule has 2 heterocycles. The zero-order chi connectivity index (χ0) is 33.2. The van der Waals surface area contributed by atoms with Gasteiger partial charge in [-0.15, -0.1) is 0 Å². The van der Waals surface area contributed by atoms with Gasteiger partial charge in [-0.25, -0.2) is 15.0 Å². The number of hydrogen-bond donors (Lipinski definition) is 0. The zero-order valence-electron chi connectivity index (χ0n) is 27.3. The van der Waals surface area contributed by atoms with Crippen molar-refractivity contribution in [2.75, 3.05) is 0 Å². The van der Waals surface area contributed by atoms with Crippen LogP contribution in [0.2, 0.25) is 0 Å². The molecule has 8 aromatic carbocycles. The fraction of sp³-hybridized carbons (Fsp3) is 0.0217. The Labute approximate surface area is 288 Å². The van der Waals surface area contributed by atoms with Gasteiger partial charge in [0.05, 0.1) is 0 Å². The largest absolute Gasteiger partial charge is 0.456 e. The number of aryl methyl sites for hydroxylation is 1. The number of nitrogens with zero attached hydrogens (tertiary/aromatic N) is 3. The smallest absolute Gasteiger partial charge is 0.164 e. The van der Waals surface area contributed by atoms with Crippen LogP contribution in [0.15, 0.2) is 162 Å². The summed E-state index contributed by atoms with van der Waals surface area (Å²) in [4.78, 5) is 15.4. The van der Waals surface area contributed by atoms with Crippen LogP contribution in [-0.4, -0.2) is 15.0 Å². The van der Waals surface area contributed by atoms with E-state index in [1.165, 1.54) is 16.3 Å². The lowest BCUT2D eigenvalue weighted by atomic mass is 9.91. The lowest BCUT2D eigenvalue weighted by molar-refractivity contribution is 0.669. The molecule has 0 aliphatic carbocycles. The van der Waals surface area contributed by atoms with E-state index in [-0.39, 0.29) is 0 Å². The Hall–Kier alpha value is -6.65. The van der Waals surface area contributed by atoms with Crippen LogP contribution in [0.5, 0.6) is 0 Å². The second-order valence-electron chi connectivity index (χ2n) is 12.9. The van der Waals surface area contributed by atoms with Crippen LogP contribution in [0.3, 0.4) is 0 Å². The number of hydrogen-bond acceptors (Lipinski definition) is 4. The fourth-order valence-electron chi connectivity index (χ4n) is 7.40. The van der Waals surface area contributed by atoms with E-state index in [4.69, 9.17) is 19.4 Å². The molecule has 10 rings (SSSR count). The van der Waals surface area contributed by atoms with Gasteiger partial charge in [-0.2, -0.15) is 0 Å². The zero-order valence-corrected chi connectivity index (χ0v) is 27.3. The van der Waals surface area contributed by atoms with Crippen molar-refractivity contribution in [3.05, 3.63) is 163 Å². The van der Waals surface area contributed by atoms with Crippen LogP contribution in [0, 0.1) is 6.92 Å². The molecule has 0 saturated carbocycles. The first-order valence-corrected chi connectivity index (χ1v) is 16.9. The molecule has 0 bridgehead atoms. The summed E-state index contributed by atoms with van der Waals surface area (Å²) in [5, 5.41) is 9.14. The molecule has 0 unspecified atom stereocenters. The molecular weight excluding hydrogens is 611 g/mol. The molecule has 0 spiro atoms. The van der Waals surface area contributed by atoms with E-state index in [1.54, 1.807) is 0 Å². The summed E-state index contributed by atoms with van der Waals surface area (Å²) in [6, 6.07) is 55.1. The van der Waals surface area contributed by atoms with Gasteiger partial charge in [-0.05, 0) is 86.3 Å². The highest BCUT2D eigenvalue weighted by molar-refractivity contribution is 6.17. The van der Waals surface area contributed by atoms with Gasteiger partial charge in [-0.1, -0.05) is 127 Å². The molecule has 0 amide bonds. The van der Waals surface area contributed by atoms with Crippen LogP contribution in [0.4, 0.5) is 0 Å².